The summed E-state index contributed by atoms with van der Waals surface area (Å²) in [4.78, 5) is 16.9. The van der Waals surface area contributed by atoms with Crippen LogP contribution < -0.4 is 0 Å². The molecule has 1 atom stereocenters. The van der Waals surface area contributed by atoms with Gasteiger partial charge < -0.3 is 9.47 Å². The van der Waals surface area contributed by atoms with E-state index in [0.29, 0.717) is 0 Å². The van der Waals surface area contributed by atoms with Crippen molar-refractivity contribution in [3.05, 3.63) is 33.0 Å². The Bertz CT molecular complexity index is 824. The second kappa shape index (κ2) is 6.80. The molecule has 2 aromatic heterocycles. The van der Waals surface area contributed by atoms with Crippen LogP contribution in [0.2, 0.25) is 0 Å². The Kier molecular flexibility index (Phi) is 4.31. The molecule has 5 nitrogen and oxygen atoms in total. The molecule has 0 aromatic carbocycles. The first-order chi connectivity index (χ1) is 12.8. The molecule has 0 spiro atoms. The lowest BCUT2D eigenvalue weighted by molar-refractivity contribution is 0.0726. The molecule has 4 heterocycles. The molecule has 1 fully saturated rings. The van der Waals surface area contributed by atoms with E-state index in [-0.39, 0.29) is 11.9 Å². The largest absolute Gasteiger partial charge is 0.328 e. The molecule has 0 radical (unpaired) electrons. The third-order valence-corrected chi connectivity index (χ3v) is 7.33. The van der Waals surface area contributed by atoms with Crippen molar-refractivity contribution in [3.8, 4) is 0 Å². The number of likely N-dealkylation sites (tertiary alicyclic amines) is 1. The van der Waals surface area contributed by atoms with E-state index >= 15 is 0 Å². The molecule has 1 saturated heterocycles. The van der Waals surface area contributed by atoms with Crippen LogP contribution in [0.25, 0.3) is 0 Å². The van der Waals surface area contributed by atoms with Crippen LogP contribution in [0.1, 0.15) is 83.4 Å². The van der Waals surface area contributed by atoms with E-state index in [0.717, 1.165) is 62.4 Å². The summed E-state index contributed by atoms with van der Waals surface area (Å²) in [6.07, 6.45) is 11.4. The van der Waals surface area contributed by atoms with Gasteiger partial charge in [0.25, 0.3) is 5.91 Å². The number of amides is 1. The summed E-state index contributed by atoms with van der Waals surface area (Å²) in [5.74, 6) is 2.36. The highest BCUT2D eigenvalue weighted by molar-refractivity contribution is 7.10. The number of fused-ring (bicyclic) bond motifs is 2. The lowest BCUT2D eigenvalue weighted by Crippen LogP contribution is -2.32. The van der Waals surface area contributed by atoms with E-state index in [1.54, 1.807) is 11.3 Å². The van der Waals surface area contributed by atoms with Crippen LogP contribution in [0.15, 0.2) is 5.38 Å². The molecule has 1 unspecified atom stereocenters. The van der Waals surface area contributed by atoms with Crippen LogP contribution >= 0.6 is 11.3 Å². The molecule has 0 N–H and O–H groups in total. The van der Waals surface area contributed by atoms with Crippen LogP contribution in [-0.2, 0) is 25.8 Å². The molecule has 2 aliphatic heterocycles. The smallest absolute Gasteiger partial charge is 0.255 e. The van der Waals surface area contributed by atoms with Crippen molar-refractivity contribution in [2.24, 2.45) is 0 Å². The molecule has 0 saturated carbocycles. The fourth-order valence-corrected chi connectivity index (χ4v) is 5.98. The maximum absolute atomic E-state index is 13.4. The molecule has 138 valence electrons. The monoisotopic (exact) mass is 370 g/mol. The van der Waals surface area contributed by atoms with Crippen molar-refractivity contribution < 1.29 is 4.79 Å². The third-order valence-electron chi connectivity index (χ3n) is 6.24. The van der Waals surface area contributed by atoms with Crippen molar-refractivity contribution in [1.82, 2.24) is 19.7 Å². The Balaban J connectivity index is 1.45. The lowest BCUT2D eigenvalue weighted by atomic mass is 9.95. The minimum absolute atomic E-state index is 0.0981. The number of hydrogen-bond donors (Lipinski definition) is 0. The van der Waals surface area contributed by atoms with E-state index in [4.69, 9.17) is 0 Å². The average Bonchev–Trinajstić information content (AvgIpc) is 3.36. The van der Waals surface area contributed by atoms with Crippen LogP contribution in [0, 0.1) is 0 Å². The number of aryl methyl sites for hydroxylation is 2. The topological polar surface area (TPSA) is 51.0 Å². The van der Waals surface area contributed by atoms with Gasteiger partial charge in [0.15, 0.2) is 5.82 Å². The predicted molar refractivity (Wildman–Crippen MR) is 102 cm³/mol. The van der Waals surface area contributed by atoms with Gasteiger partial charge in [-0.1, -0.05) is 6.42 Å². The number of rotatable bonds is 2. The minimum Gasteiger partial charge on any atom is -0.328 e. The molecule has 2 aromatic rings. The molecular weight excluding hydrogens is 344 g/mol. The summed E-state index contributed by atoms with van der Waals surface area (Å²) in [6.45, 7) is 1.85. The van der Waals surface area contributed by atoms with Crippen LogP contribution in [-0.4, -0.2) is 32.1 Å². The number of carbonyl (C=O) groups is 1. The average molecular weight is 371 g/mol. The lowest BCUT2D eigenvalue weighted by Gasteiger charge is -2.25. The Morgan fingerprint density at radius 1 is 1.00 bits per heavy atom. The number of aromatic nitrogens is 3. The van der Waals surface area contributed by atoms with Gasteiger partial charge in [-0.15, -0.1) is 21.5 Å². The van der Waals surface area contributed by atoms with E-state index in [9.17, 15) is 4.79 Å². The van der Waals surface area contributed by atoms with E-state index < -0.39 is 0 Å². The first-order valence-corrected chi connectivity index (χ1v) is 11.0. The van der Waals surface area contributed by atoms with Crippen molar-refractivity contribution in [1.29, 1.82) is 0 Å². The van der Waals surface area contributed by atoms with E-state index in [1.165, 1.54) is 42.5 Å². The summed E-state index contributed by atoms with van der Waals surface area (Å²) in [5, 5.41) is 11.1. The van der Waals surface area contributed by atoms with Gasteiger partial charge in [-0.3, -0.25) is 4.79 Å². The number of hydrogen-bond acceptors (Lipinski definition) is 4. The van der Waals surface area contributed by atoms with E-state index in [1.807, 2.05) is 0 Å². The van der Waals surface area contributed by atoms with Crippen molar-refractivity contribution in [2.45, 2.75) is 76.8 Å². The maximum Gasteiger partial charge on any atom is 0.255 e. The molecule has 1 aliphatic carbocycles. The van der Waals surface area contributed by atoms with Gasteiger partial charge in [0, 0.05) is 29.8 Å². The highest BCUT2D eigenvalue weighted by Gasteiger charge is 2.36. The molecule has 1 amide bonds. The van der Waals surface area contributed by atoms with E-state index in [2.05, 4.69) is 25.0 Å². The summed E-state index contributed by atoms with van der Waals surface area (Å²) in [7, 11) is 0. The van der Waals surface area contributed by atoms with Crippen LogP contribution in [0.5, 0.6) is 0 Å². The molecular formula is C20H26N4OS. The van der Waals surface area contributed by atoms with Gasteiger partial charge in [-0.05, 0) is 56.9 Å². The fourth-order valence-electron chi connectivity index (χ4n) is 4.86. The Morgan fingerprint density at radius 3 is 2.85 bits per heavy atom. The zero-order valence-electron chi connectivity index (χ0n) is 15.2. The van der Waals surface area contributed by atoms with Gasteiger partial charge >= 0.3 is 0 Å². The highest BCUT2D eigenvalue weighted by Crippen LogP contribution is 2.36. The van der Waals surface area contributed by atoms with Gasteiger partial charge in [-0.25, -0.2) is 0 Å². The molecule has 3 aliphatic rings. The second-order valence-electron chi connectivity index (χ2n) is 7.85. The molecule has 0 bridgehead atoms. The third kappa shape index (κ3) is 2.70. The summed E-state index contributed by atoms with van der Waals surface area (Å²) in [5.41, 5.74) is 2.30. The quantitative estimate of drug-likeness (QED) is 0.805. The van der Waals surface area contributed by atoms with Gasteiger partial charge in [0.05, 0.1) is 11.6 Å². The van der Waals surface area contributed by atoms with Gasteiger partial charge in [0.2, 0.25) is 0 Å². The second-order valence-corrected chi connectivity index (χ2v) is 8.82. The summed E-state index contributed by atoms with van der Waals surface area (Å²) >= 11 is 1.78. The first-order valence-electron chi connectivity index (χ1n) is 10.1. The zero-order chi connectivity index (χ0) is 17.5. The van der Waals surface area contributed by atoms with Crippen LogP contribution in [0.3, 0.4) is 0 Å². The van der Waals surface area contributed by atoms with Crippen molar-refractivity contribution in [3.63, 3.8) is 0 Å². The summed E-state index contributed by atoms with van der Waals surface area (Å²) in [6, 6.07) is 0.0981. The van der Waals surface area contributed by atoms with Gasteiger partial charge in [-0.2, -0.15) is 0 Å². The predicted octanol–water partition coefficient (Wildman–Crippen LogP) is 3.92. The Hall–Kier alpha value is -1.69. The van der Waals surface area contributed by atoms with Crippen molar-refractivity contribution in [2.75, 3.05) is 6.54 Å². The van der Waals surface area contributed by atoms with Gasteiger partial charge in [0.1, 0.15) is 5.82 Å². The molecule has 26 heavy (non-hydrogen) atoms. The maximum atomic E-state index is 13.4. The van der Waals surface area contributed by atoms with Crippen molar-refractivity contribution >= 4 is 17.2 Å². The van der Waals surface area contributed by atoms with Crippen LogP contribution in [0.4, 0.5) is 0 Å². The SMILES string of the molecule is O=C(c1csc2c1CCCC2)N1CCCC1c1nnc2n1CCCCC2. The Morgan fingerprint density at radius 2 is 1.88 bits per heavy atom. The molecule has 5 rings (SSSR count). The fraction of sp³-hybridized carbons (Fsp3) is 0.650. The minimum atomic E-state index is 0.0981. The highest BCUT2D eigenvalue weighted by atomic mass is 32.1. The summed E-state index contributed by atoms with van der Waals surface area (Å²) < 4.78 is 2.31. The normalized spacial score (nSPS) is 22.8. The molecule has 6 heteroatoms. The first kappa shape index (κ1) is 16.5. The zero-order valence-corrected chi connectivity index (χ0v) is 16.1. The Labute approximate surface area is 158 Å². The number of nitrogens with zero attached hydrogens (tertiary/aromatic N) is 4. The number of thiophene rings is 1. The standard InChI is InChI=1S/C20H26N4OS/c25-20(15-13-26-17-9-4-3-7-14(15)17)23-12-6-8-16(23)19-22-21-18-10-2-1-5-11-24(18)19/h13,16H,1-12H2. The number of carbonyl (C=O) groups excluding carboxylic acids is 1.